The third kappa shape index (κ3) is 4.49. The topological polar surface area (TPSA) is 26.3 Å². The zero-order valence-electron chi connectivity index (χ0n) is 9.16. The molecule has 0 aliphatic heterocycles. The zero-order valence-corrected chi connectivity index (χ0v) is 9.97. The van der Waals surface area contributed by atoms with Crippen molar-refractivity contribution in [1.82, 2.24) is 0 Å². The van der Waals surface area contributed by atoms with Gasteiger partial charge < -0.3 is 4.74 Å². The highest BCUT2D eigenvalue weighted by molar-refractivity contribution is 7.99. The van der Waals surface area contributed by atoms with E-state index in [1.54, 1.807) is 25.8 Å². The molecule has 0 aromatic heterocycles. The molecule has 82 valence electrons. The molecule has 0 aliphatic carbocycles. The van der Waals surface area contributed by atoms with Crippen molar-refractivity contribution in [2.45, 2.75) is 18.2 Å². The number of rotatable bonds is 6. The van der Waals surface area contributed by atoms with Crippen LogP contribution in [0.2, 0.25) is 0 Å². The van der Waals surface area contributed by atoms with Crippen molar-refractivity contribution < 1.29 is 9.53 Å². The Morgan fingerprint density at radius 1 is 1.47 bits per heavy atom. The van der Waals surface area contributed by atoms with E-state index in [-0.39, 0.29) is 5.78 Å². The van der Waals surface area contributed by atoms with Crippen molar-refractivity contribution in [2.75, 3.05) is 19.5 Å². The van der Waals surface area contributed by atoms with Crippen LogP contribution in [0.4, 0.5) is 0 Å². The van der Waals surface area contributed by atoms with Crippen molar-refractivity contribution in [3.63, 3.8) is 0 Å². The third-order valence-electron chi connectivity index (χ3n) is 2.00. The number of methoxy groups -OCH3 is 1. The first-order chi connectivity index (χ1) is 7.24. The number of carbonyl (C=O) groups is 1. The van der Waals surface area contributed by atoms with Crippen LogP contribution in [-0.2, 0) is 4.74 Å². The summed E-state index contributed by atoms with van der Waals surface area (Å²) in [6.45, 7) is 2.38. The fraction of sp³-hybridized carbons (Fsp3) is 0.417. The van der Waals surface area contributed by atoms with E-state index in [0.717, 1.165) is 29.2 Å². The van der Waals surface area contributed by atoms with E-state index in [9.17, 15) is 4.79 Å². The Balaban J connectivity index is 2.47. The first-order valence-electron chi connectivity index (χ1n) is 4.97. The van der Waals surface area contributed by atoms with E-state index in [1.165, 1.54) is 0 Å². The number of hydrogen-bond acceptors (Lipinski definition) is 3. The van der Waals surface area contributed by atoms with Gasteiger partial charge in [-0.2, -0.15) is 0 Å². The van der Waals surface area contributed by atoms with Gasteiger partial charge in [0.2, 0.25) is 0 Å². The number of carbonyl (C=O) groups excluding carboxylic acids is 1. The molecule has 0 spiro atoms. The highest BCUT2D eigenvalue weighted by Gasteiger charge is 2.00. The minimum absolute atomic E-state index is 0.120. The summed E-state index contributed by atoms with van der Waals surface area (Å²) in [7, 11) is 1.71. The summed E-state index contributed by atoms with van der Waals surface area (Å²) < 4.78 is 4.97. The summed E-state index contributed by atoms with van der Waals surface area (Å²) in [5.74, 6) is 1.14. The number of ketones is 1. The average molecular weight is 224 g/mol. The zero-order chi connectivity index (χ0) is 11.1. The molecule has 0 saturated heterocycles. The second-order valence-electron chi connectivity index (χ2n) is 3.28. The Morgan fingerprint density at radius 3 is 2.93 bits per heavy atom. The van der Waals surface area contributed by atoms with E-state index in [4.69, 9.17) is 4.74 Å². The van der Waals surface area contributed by atoms with Gasteiger partial charge in [0.1, 0.15) is 0 Å². The highest BCUT2D eigenvalue weighted by Crippen LogP contribution is 2.20. The van der Waals surface area contributed by atoms with Gasteiger partial charge in [-0.3, -0.25) is 4.79 Å². The molecular weight excluding hydrogens is 208 g/mol. The lowest BCUT2D eigenvalue weighted by Gasteiger charge is -2.02. The minimum atomic E-state index is 0.120. The molecule has 1 aromatic rings. The molecule has 0 unspecified atom stereocenters. The number of benzene rings is 1. The number of ether oxygens (including phenoxy) is 1. The molecule has 0 heterocycles. The maximum absolute atomic E-state index is 11.1. The molecule has 0 fully saturated rings. The van der Waals surface area contributed by atoms with Gasteiger partial charge in [-0.15, -0.1) is 11.8 Å². The average Bonchev–Trinajstić information content (AvgIpc) is 2.25. The molecule has 0 bridgehead atoms. The van der Waals surface area contributed by atoms with E-state index >= 15 is 0 Å². The molecule has 0 radical (unpaired) electrons. The summed E-state index contributed by atoms with van der Waals surface area (Å²) in [6.07, 6.45) is 1.03. The summed E-state index contributed by atoms with van der Waals surface area (Å²) in [5, 5.41) is 0. The second-order valence-corrected chi connectivity index (χ2v) is 4.45. The summed E-state index contributed by atoms with van der Waals surface area (Å²) in [6, 6.07) is 7.75. The lowest BCUT2D eigenvalue weighted by Crippen LogP contribution is -1.93. The fourth-order valence-electron chi connectivity index (χ4n) is 1.20. The van der Waals surface area contributed by atoms with Crippen molar-refractivity contribution in [1.29, 1.82) is 0 Å². The second kappa shape index (κ2) is 6.64. The predicted octanol–water partition coefficient (Wildman–Crippen LogP) is 3.02. The minimum Gasteiger partial charge on any atom is -0.385 e. The van der Waals surface area contributed by atoms with Gasteiger partial charge in [-0.25, -0.2) is 0 Å². The maximum Gasteiger partial charge on any atom is 0.159 e. The number of hydrogen-bond donors (Lipinski definition) is 0. The van der Waals surface area contributed by atoms with E-state index in [2.05, 4.69) is 0 Å². The predicted molar refractivity (Wildman–Crippen MR) is 63.7 cm³/mol. The first-order valence-corrected chi connectivity index (χ1v) is 5.95. The normalized spacial score (nSPS) is 10.3. The number of Topliss-reactive ketones (excluding diaryl/α,β-unsaturated/α-hetero) is 1. The smallest absolute Gasteiger partial charge is 0.159 e. The maximum atomic E-state index is 11.1. The molecule has 1 aromatic carbocycles. The van der Waals surface area contributed by atoms with Crippen LogP contribution < -0.4 is 0 Å². The Hall–Kier alpha value is -0.800. The number of thioether (sulfide) groups is 1. The molecule has 0 aliphatic rings. The van der Waals surface area contributed by atoms with Crippen LogP contribution in [0.25, 0.3) is 0 Å². The van der Waals surface area contributed by atoms with Gasteiger partial charge >= 0.3 is 0 Å². The summed E-state index contributed by atoms with van der Waals surface area (Å²) in [5.41, 5.74) is 0.784. The van der Waals surface area contributed by atoms with E-state index in [0.29, 0.717) is 0 Å². The quantitative estimate of drug-likeness (QED) is 0.422. The van der Waals surface area contributed by atoms with Gasteiger partial charge in [-0.05, 0) is 25.5 Å². The van der Waals surface area contributed by atoms with Crippen LogP contribution in [0.15, 0.2) is 29.2 Å². The Kier molecular flexibility index (Phi) is 5.43. The van der Waals surface area contributed by atoms with Gasteiger partial charge in [0, 0.05) is 29.9 Å². The lowest BCUT2D eigenvalue weighted by molar-refractivity contribution is 0.101. The molecule has 3 heteroatoms. The van der Waals surface area contributed by atoms with Gasteiger partial charge in [0.15, 0.2) is 5.78 Å². The van der Waals surface area contributed by atoms with Crippen LogP contribution in [0.1, 0.15) is 23.7 Å². The van der Waals surface area contributed by atoms with Gasteiger partial charge in [0.25, 0.3) is 0 Å². The monoisotopic (exact) mass is 224 g/mol. The van der Waals surface area contributed by atoms with Crippen LogP contribution in [0, 0.1) is 0 Å². The highest BCUT2D eigenvalue weighted by atomic mass is 32.2. The molecule has 0 N–H and O–H groups in total. The van der Waals surface area contributed by atoms with Crippen LogP contribution in [0.3, 0.4) is 0 Å². The van der Waals surface area contributed by atoms with Crippen molar-refractivity contribution in [2.24, 2.45) is 0 Å². The molecule has 0 atom stereocenters. The standard InChI is InChI=1S/C12H16O2S/c1-10(13)11-5-3-6-12(9-11)15-8-4-7-14-2/h3,5-6,9H,4,7-8H2,1-2H3. The summed E-state index contributed by atoms with van der Waals surface area (Å²) in [4.78, 5) is 12.3. The summed E-state index contributed by atoms with van der Waals surface area (Å²) >= 11 is 1.76. The SMILES string of the molecule is COCCCSc1cccc(C(C)=O)c1. The fourth-order valence-corrected chi connectivity index (χ4v) is 2.08. The van der Waals surface area contributed by atoms with Crippen molar-refractivity contribution >= 4 is 17.5 Å². The van der Waals surface area contributed by atoms with Crippen LogP contribution in [0.5, 0.6) is 0 Å². The van der Waals surface area contributed by atoms with Crippen molar-refractivity contribution in [3.8, 4) is 0 Å². The molecule has 1 rings (SSSR count). The molecule has 0 saturated carbocycles. The third-order valence-corrected chi connectivity index (χ3v) is 3.08. The molecular formula is C12H16O2S. The van der Waals surface area contributed by atoms with Gasteiger partial charge in [0.05, 0.1) is 0 Å². The van der Waals surface area contributed by atoms with E-state index < -0.39 is 0 Å². The molecule has 2 nitrogen and oxygen atoms in total. The Morgan fingerprint density at radius 2 is 2.27 bits per heavy atom. The van der Waals surface area contributed by atoms with Crippen molar-refractivity contribution in [3.05, 3.63) is 29.8 Å². The Labute approximate surface area is 95.0 Å². The lowest BCUT2D eigenvalue weighted by atomic mass is 10.2. The van der Waals surface area contributed by atoms with E-state index in [1.807, 2.05) is 24.3 Å². The largest absolute Gasteiger partial charge is 0.385 e. The van der Waals surface area contributed by atoms with Gasteiger partial charge in [-0.1, -0.05) is 12.1 Å². The first kappa shape index (κ1) is 12.3. The van der Waals surface area contributed by atoms with Crippen LogP contribution >= 0.6 is 11.8 Å². The molecule has 15 heavy (non-hydrogen) atoms. The van der Waals surface area contributed by atoms with Crippen LogP contribution in [-0.4, -0.2) is 25.3 Å². The molecule has 0 amide bonds. The Bertz CT molecular complexity index is 323.